The van der Waals surface area contributed by atoms with Crippen LogP contribution in [0.25, 0.3) is 0 Å². The molecule has 0 spiro atoms. The van der Waals surface area contributed by atoms with Gasteiger partial charge in [0.25, 0.3) is 5.91 Å². The molecule has 2 aromatic carbocycles. The molecule has 0 fully saturated rings. The first-order valence-electron chi connectivity index (χ1n) is 8.47. The SMILES string of the molecule is CCCCN(C)c1ccc(C(=O)NCc2ccc(OC)c(F)c2)cc1. The van der Waals surface area contributed by atoms with E-state index in [1.807, 2.05) is 31.3 Å². The Kier molecular flexibility index (Phi) is 6.81. The lowest BCUT2D eigenvalue weighted by atomic mass is 10.1. The number of hydrogen-bond donors (Lipinski definition) is 1. The number of carbonyl (C=O) groups excluding carboxylic acids is 1. The highest BCUT2D eigenvalue weighted by molar-refractivity contribution is 5.94. The summed E-state index contributed by atoms with van der Waals surface area (Å²) < 4.78 is 18.5. The third-order valence-corrected chi connectivity index (χ3v) is 4.09. The molecule has 0 atom stereocenters. The second-order valence-electron chi connectivity index (χ2n) is 5.97. The number of benzene rings is 2. The summed E-state index contributed by atoms with van der Waals surface area (Å²) in [6, 6.07) is 12.1. The normalized spacial score (nSPS) is 10.4. The third-order valence-electron chi connectivity index (χ3n) is 4.09. The van der Waals surface area contributed by atoms with Crippen LogP contribution in [0, 0.1) is 5.82 Å². The van der Waals surface area contributed by atoms with Crippen LogP contribution in [0.4, 0.5) is 10.1 Å². The van der Waals surface area contributed by atoms with Gasteiger partial charge in [0.1, 0.15) is 0 Å². The predicted octanol–water partition coefficient (Wildman–Crippen LogP) is 4.00. The van der Waals surface area contributed by atoms with Crippen molar-refractivity contribution in [3.05, 3.63) is 59.4 Å². The Labute approximate surface area is 148 Å². The third kappa shape index (κ3) is 5.21. The van der Waals surface area contributed by atoms with Crippen LogP contribution in [0.5, 0.6) is 5.75 Å². The summed E-state index contributed by atoms with van der Waals surface area (Å²) in [7, 11) is 3.46. The molecule has 2 rings (SSSR count). The number of unbranched alkanes of at least 4 members (excludes halogenated alkanes) is 1. The molecule has 0 bridgehead atoms. The zero-order chi connectivity index (χ0) is 18.2. The Morgan fingerprint density at radius 2 is 1.92 bits per heavy atom. The lowest BCUT2D eigenvalue weighted by Gasteiger charge is -2.19. The lowest BCUT2D eigenvalue weighted by Crippen LogP contribution is -2.23. The van der Waals surface area contributed by atoms with Crippen molar-refractivity contribution in [2.45, 2.75) is 26.3 Å². The van der Waals surface area contributed by atoms with E-state index in [0.717, 1.165) is 25.1 Å². The average Bonchev–Trinajstić information content (AvgIpc) is 2.64. The number of nitrogens with zero attached hydrogens (tertiary/aromatic N) is 1. The van der Waals surface area contributed by atoms with Crippen molar-refractivity contribution < 1.29 is 13.9 Å². The van der Waals surface area contributed by atoms with Gasteiger partial charge in [-0.2, -0.15) is 0 Å². The monoisotopic (exact) mass is 344 g/mol. The van der Waals surface area contributed by atoms with Gasteiger partial charge in [0.05, 0.1) is 7.11 Å². The van der Waals surface area contributed by atoms with Crippen LogP contribution >= 0.6 is 0 Å². The predicted molar refractivity (Wildman–Crippen MR) is 98.7 cm³/mol. The molecule has 0 aromatic heterocycles. The quantitative estimate of drug-likeness (QED) is 0.787. The highest BCUT2D eigenvalue weighted by Crippen LogP contribution is 2.18. The second-order valence-corrected chi connectivity index (χ2v) is 5.97. The Morgan fingerprint density at radius 3 is 2.52 bits per heavy atom. The van der Waals surface area contributed by atoms with Crippen molar-refractivity contribution in [2.75, 3.05) is 25.6 Å². The van der Waals surface area contributed by atoms with Crippen molar-refractivity contribution in [1.29, 1.82) is 0 Å². The van der Waals surface area contributed by atoms with Gasteiger partial charge in [-0.15, -0.1) is 0 Å². The van der Waals surface area contributed by atoms with Gasteiger partial charge >= 0.3 is 0 Å². The molecule has 0 saturated carbocycles. The van der Waals surface area contributed by atoms with E-state index in [1.54, 1.807) is 12.1 Å². The molecule has 25 heavy (non-hydrogen) atoms. The van der Waals surface area contributed by atoms with Crippen molar-refractivity contribution in [3.63, 3.8) is 0 Å². The number of methoxy groups -OCH3 is 1. The largest absolute Gasteiger partial charge is 0.494 e. The Hall–Kier alpha value is -2.56. The summed E-state index contributed by atoms with van der Waals surface area (Å²) in [4.78, 5) is 14.4. The zero-order valence-electron chi connectivity index (χ0n) is 15.0. The average molecular weight is 344 g/mol. The van der Waals surface area contributed by atoms with Gasteiger partial charge in [-0.05, 0) is 48.4 Å². The maximum atomic E-state index is 13.7. The van der Waals surface area contributed by atoms with E-state index in [9.17, 15) is 9.18 Å². The van der Waals surface area contributed by atoms with Crippen molar-refractivity contribution >= 4 is 11.6 Å². The van der Waals surface area contributed by atoms with E-state index in [1.165, 1.54) is 13.2 Å². The van der Waals surface area contributed by atoms with Gasteiger partial charge in [0.2, 0.25) is 0 Å². The van der Waals surface area contributed by atoms with Gasteiger partial charge in [0, 0.05) is 31.4 Å². The highest BCUT2D eigenvalue weighted by atomic mass is 19.1. The number of nitrogens with one attached hydrogen (secondary N) is 1. The van der Waals surface area contributed by atoms with E-state index in [4.69, 9.17) is 4.74 Å². The molecule has 1 amide bonds. The molecule has 1 N–H and O–H groups in total. The van der Waals surface area contributed by atoms with Gasteiger partial charge in [-0.3, -0.25) is 4.79 Å². The van der Waals surface area contributed by atoms with E-state index < -0.39 is 5.82 Å². The van der Waals surface area contributed by atoms with E-state index in [-0.39, 0.29) is 18.2 Å². The molecule has 134 valence electrons. The summed E-state index contributed by atoms with van der Waals surface area (Å²) >= 11 is 0. The minimum absolute atomic E-state index is 0.181. The Morgan fingerprint density at radius 1 is 1.20 bits per heavy atom. The molecular formula is C20H25FN2O2. The van der Waals surface area contributed by atoms with Crippen LogP contribution in [0.2, 0.25) is 0 Å². The van der Waals surface area contributed by atoms with Gasteiger partial charge in [-0.1, -0.05) is 19.4 Å². The van der Waals surface area contributed by atoms with Crippen LogP contribution in [0.3, 0.4) is 0 Å². The summed E-state index contributed by atoms with van der Waals surface area (Å²) in [5.41, 5.74) is 2.35. The number of anilines is 1. The van der Waals surface area contributed by atoms with E-state index in [2.05, 4.69) is 17.1 Å². The smallest absolute Gasteiger partial charge is 0.251 e. The number of amides is 1. The number of ether oxygens (including phenoxy) is 1. The molecule has 2 aromatic rings. The standard InChI is InChI=1S/C20H25FN2O2/c1-4-5-12-23(2)17-9-7-16(8-10-17)20(24)22-14-15-6-11-19(25-3)18(21)13-15/h6-11,13H,4-5,12,14H2,1-3H3,(H,22,24). The summed E-state index contributed by atoms with van der Waals surface area (Å²) in [6.45, 7) is 3.42. The fourth-order valence-corrected chi connectivity index (χ4v) is 2.50. The van der Waals surface area contributed by atoms with Crippen molar-refractivity contribution in [2.24, 2.45) is 0 Å². The first-order valence-corrected chi connectivity index (χ1v) is 8.47. The second kappa shape index (κ2) is 9.06. The summed E-state index contributed by atoms with van der Waals surface area (Å²) in [5, 5.41) is 2.80. The molecule has 0 radical (unpaired) electrons. The van der Waals surface area contributed by atoms with Crippen LogP contribution in [-0.2, 0) is 6.54 Å². The van der Waals surface area contributed by atoms with Crippen LogP contribution < -0.4 is 15.0 Å². The topological polar surface area (TPSA) is 41.6 Å². The molecule has 0 aliphatic carbocycles. The maximum absolute atomic E-state index is 13.7. The molecule has 4 nitrogen and oxygen atoms in total. The maximum Gasteiger partial charge on any atom is 0.251 e. The van der Waals surface area contributed by atoms with Gasteiger partial charge < -0.3 is 15.0 Å². The van der Waals surface area contributed by atoms with Crippen molar-refractivity contribution in [1.82, 2.24) is 5.32 Å². The molecule has 0 unspecified atom stereocenters. The van der Waals surface area contributed by atoms with E-state index in [0.29, 0.717) is 11.1 Å². The highest BCUT2D eigenvalue weighted by Gasteiger charge is 2.08. The molecule has 0 aliphatic rings. The van der Waals surface area contributed by atoms with Crippen molar-refractivity contribution in [3.8, 4) is 5.75 Å². The number of halogens is 1. The fraction of sp³-hybridized carbons (Fsp3) is 0.350. The molecule has 0 aliphatic heterocycles. The number of carbonyl (C=O) groups is 1. The van der Waals surface area contributed by atoms with Crippen LogP contribution in [0.15, 0.2) is 42.5 Å². The molecule has 0 heterocycles. The number of hydrogen-bond acceptors (Lipinski definition) is 3. The summed E-state index contributed by atoms with van der Waals surface area (Å²) in [6.07, 6.45) is 2.29. The number of rotatable bonds is 8. The molecular weight excluding hydrogens is 319 g/mol. The van der Waals surface area contributed by atoms with E-state index >= 15 is 0 Å². The Bertz CT molecular complexity index is 701. The first kappa shape index (κ1) is 18.8. The molecule has 0 saturated heterocycles. The van der Waals surface area contributed by atoms with Crippen LogP contribution in [-0.4, -0.2) is 26.6 Å². The van der Waals surface area contributed by atoms with Gasteiger partial charge in [-0.25, -0.2) is 4.39 Å². The lowest BCUT2D eigenvalue weighted by molar-refractivity contribution is 0.0951. The summed E-state index contributed by atoms with van der Waals surface area (Å²) in [5.74, 6) is -0.425. The zero-order valence-corrected chi connectivity index (χ0v) is 15.0. The Balaban J connectivity index is 1.93. The first-order chi connectivity index (χ1) is 12.0. The minimum atomic E-state index is -0.436. The fourth-order valence-electron chi connectivity index (χ4n) is 2.50. The van der Waals surface area contributed by atoms with Gasteiger partial charge in [0.15, 0.2) is 11.6 Å². The molecule has 5 heteroatoms. The van der Waals surface area contributed by atoms with Crippen LogP contribution in [0.1, 0.15) is 35.7 Å². The minimum Gasteiger partial charge on any atom is -0.494 e.